The highest BCUT2D eigenvalue weighted by atomic mass is 16.6. The molecular formula is C29H39NO4. The molecule has 1 aromatic carbocycles. The van der Waals surface area contributed by atoms with Crippen LogP contribution in [0, 0.1) is 22.7 Å². The fourth-order valence-corrected chi connectivity index (χ4v) is 10.5. The SMILES string of the molecule is COC12CCC3(CC1C(C)(O)C(C)(C)C)C1[N@](CC4CC4)[C@@]14Cc1ccc(O)c5c1C3(C4)C2O5. The van der Waals surface area contributed by atoms with Crippen molar-refractivity contribution in [3.8, 4) is 11.5 Å². The van der Waals surface area contributed by atoms with Crippen molar-refractivity contribution in [2.45, 2.75) is 107 Å². The fraction of sp³-hybridized carbons (Fsp3) is 0.793. The molecule has 4 bridgehead atoms. The third-order valence-electron chi connectivity index (χ3n) is 12.5. The molecule has 0 amide bonds. The summed E-state index contributed by atoms with van der Waals surface area (Å²) in [6.07, 6.45) is 7.83. The number of benzene rings is 1. The van der Waals surface area contributed by atoms with Crippen LogP contribution < -0.4 is 4.74 Å². The number of hydrogen-bond donors (Lipinski definition) is 2. The van der Waals surface area contributed by atoms with Gasteiger partial charge in [0, 0.05) is 47.5 Å². The van der Waals surface area contributed by atoms with Gasteiger partial charge < -0.3 is 19.7 Å². The number of rotatable bonds is 4. The lowest BCUT2D eigenvalue weighted by atomic mass is 9.38. The Morgan fingerprint density at radius 3 is 2.62 bits per heavy atom. The first-order valence-electron chi connectivity index (χ1n) is 13.5. The molecule has 1 saturated heterocycles. The summed E-state index contributed by atoms with van der Waals surface area (Å²) in [4.78, 5) is 2.88. The second-order valence-corrected chi connectivity index (χ2v) is 14.3. The molecule has 2 aliphatic heterocycles. The Morgan fingerprint density at radius 2 is 1.94 bits per heavy atom. The van der Waals surface area contributed by atoms with Gasteiger partial charge in [0.25, 0.3) is 0 Å². The third kappa shape index (κ3) is 1.86. The van der Waals surface area contributed by atoms with Crippen molar-refractivity contribution in [1.82, 2.24) is 4.90 Å². The molecule has 5 saturated carbocycles. The van der Waals surface area contributed by atoms with E-state index < -0.39 is 11.2 Å². The van der Waals surface area contributed by atoms with E-state index in [1.54, 1.807) is 0 Å². The zero-order chi connectivity index (χ0) is 23.7. The summed E-state index contributed by atoms with van der Waals surface area (Å²) in [5.74, 6) is 1.84. The highest BCUT2D eigenvalue weighted by Crippen LogP contribution is 2.86. The molecule has 0 aromatic heterocycles. The number of ether oxygens (including phenoxy) is 2. The van der Waals surface area contributed by atoms with Gasteiger partial charge in [0.05, 0.1) is 5.60 Å². The first kappa shape index (κ1) is 20.8. The van der Waals surface area contributed by atoms with Crippen molar-refractivity contribution in [3.05, 3.63) is 23.3 Å². The largest absolute Gasteiger partial charge is 0.504 e. The molecule has 7 unspecified atom stereocenters. The highest BCUT2D eigenvalue weighted by Gasteiger charge is 2.92. The number of aromatic hydroxyl groups is 1. The van der Waals surface area contributed by atoms with E-state index in [1.807, 2.05) is 20.1 Å². The quantitative estimate of drug-likeness (QED) is 0.654. The maximum atomic E-state index is 12.2. The summed E-state index contributed by atoms with van der Waals surface area (Å²) >= 11 is 0. The molecule has 6 aliphatic carbocycles. The molecule has 5 nitrogen and oxygen atoms in total. The van der Waals surface area contributed by atoms with E-state index in [1.165, 1.54) is 30.5 Å². The van der Waals surface area contributed by atoms with Crippen LogP contribution in [0.3, 0.4) is 0 Å². The van der Waals surface area contributed by atoms with Gasteiger partial charge in [0.2, 0.25) is 0 Å². The normalized spacial score (nSPS) is 50.4. The summed E-state index contributed by atoms with van der Waals surface area (Å²) in [7, 11) is 1.83. The number of hydrogen-bond acceptors (Lipinski definition) is 5. The van der Waals surface area contributed by atoms with Gasteiger partial charge in [-0.1, -0.05) is 26.8 Å². The molecule has 9 atom stereocenters. The van der Waals surface area contributed by atoms with Crippen molar-refractivity contribution >= 4 is 0 Å². The van der Waals surface area contributed by atoms with Gasteiger partial charge in [-0.3, -0.25) is 4.90 Å². The molecule has 6 fully saturated rings. The summed E-state index contributed by atoms with van der Waals surface area (Å²) in [6.45, 7) is 9.76. The molecule has 184 valence electrons. The van der Waals surface area contributed by atoms with Crippen molar-refractivity contribution < 1.29 is 19.7 Å². The van der Waals surface area contributed by atoms with Gasteiger partial charge in [-0.05, 0) is 74.8 Å². The second kappa shape index (κ2) is 5.50. The van der Waals surface area contributed by atoms with Crippen molar-refractivity contribution in [2.75, 3.05) is 13.7 Å². The maximum absolute atomic E-state index is 12.2. The number of likely N-dealkylation sites (tertiary alicyclic amines) is 1. The van der Waals surface area contributed by atoms with Crippen LogP contribution in [0.5, 0.6) is 11.5 Å². The van der Waals surface area contributed by atoms with Gasteiger partial charge in [0.1, 0.15) is 11.7 Å². The van der Waals surface area contributed by atoms with Crippen LogP contribution in [0.25, 0.3) is 0 Å². The van der Waals surface area contributed by atoms with Gasteiger partial charge in [0.15, 0.2) is 11.5 Å². The van der Waals surface area contributed by atoms with Crippen molar-refractivity contribution in [3.63, 3.8) is 0 Å². The lowest BCUT2D eigenvalue weighted by Gasteiger charge is -2.69. The minimum absolute atomic E-state index is 0.0194. The Hall–Kier alpha value is -1.30. The van der Waals surface area contributed by atoms with E-state index in [2.05, 4.69) is 31.7 Å². The topological polar surface area (TPSA) is 61.9 Å². The van der Waals surface area contributed by atoms with Crippen LogP contribution in [0.15, 0.2) is 12.1 Å². The Morgan fingerprint density at radius 1 is 1.18 bits per heavy atom. The molecule has 2 N–H and O–H groups in total. The number of phenolic OH excluding ortho intramolecular Hbond substituents is 1. The van der Waals surface area contributed by atoms with E-state index in [4.69, 9.17) is 9.47 Å². The molecule has 5 heteroatoms. The molecule has 9 rings (SSSR count). The predicted molar refractivity (Wildman–Crippen MR) is 128 cm³/mol. The van der Waals surface area contributed by atoms with Crippen LogP contribution in [-0.2, 0) is 16.6 Å². The molecule has 8 aliphatic rings. The Balaban J connectivity index is 1.38. The molecule has 0 radical (unpaired) electrons. The zero-order valence-electron chi connectivity index (χ0n) is 21.3. The number of fused-ring (bicyclic) bond motifs is 2. The minimum atomic E-state index is -0.902. The summed E-state index contributed by atoms with van der Waals surface area (Å²) in [6, 6.07) is 4.58. The lowest BCUT2D eigenvalue weighted by molar-refractivity contribution is -0.290. The summed E-state index contributed by atoms with van der Waals surface area (Å²) in [5.41, 5.74) is 1.12. The predicted octanol–water partition coefficient (Wildman–Crippen LogP) is 4.17. The molecular weight excluding hydrogens is 426 g/mol. The number of nitrogens with zero attached hydrogens (tertiary/aromatic N) is 1. The summed E-state index contributed by atoms with van der Waals surface area (Å²) in [5, 5.41) is 23.2. The lowest BCUT2D eigenvalue weighted by Crippen LogP contribution is -2.78. The molecule has 3 spiro atoms. The van der Waals surface area contributed by atoms with Crippen LogP contribution in [0.4, 0.5) is 0 Å². The monoisotopic (exact) mass is 465 g/mol. The number of phenols is 1. The number of piperidine rings is 1. The second-order valence-electron chi connectivity index (χ2n) is 14.3. The number of methoxy groups -OCH3 is 1. The zero-order valence-corrected chi connectivity index (χ0v) is 21.3. The van der Waals surface area contributed by atoms with Gasteiger partial charge in [-0.25, -0.2) is 0 Å². The van der Waals surface area contributed by atoms with E-state index >= 15 is 0 Å². The van der Waals surface area contributed by atoms with E-state index in [0.29, 0.717) is 6.04 Å². The first-order chi connectivity index (χ1) is 16.0. The van der Waals surface area contributed by atoms with E-state index in [0.717, 1.165) is 43.8 Å². The van der Waals surface area contributed by atoms with E-state index in [9.17, 15) is 10.2 Å². The first-order valence-corrected chi connectivity index (χ1v) is 13.5. The average molecular weight is 466 g/mol. The Bertz CT molecular complexity index is 1140. The van der Waals surface area contributed by atoms with Gasteiger partial charge in [-0.2, -0.15) is 0 Å². The Labute approximate surface area is 202 Å². The van der Waals surface area contributed by atoms with Gasteiger partial charge in [-0.15, -0.1) is 0 Å². The summed E-state index contributed by atoms with van der Waals surface area (Å²) < 4.78 is 13.5. The highest BCUT2D eigenvalue weighted by molar-refractivity contribution is 5.67. The Kier molecular flexibility index (Phi) is 3.37. The van der Waals surface area contributed by atoms with Gasteiger partial charge >= 0.3 is 0 Å². The van der Waals surface area contributed by atoms with Crippen molar-refractivity contribution in [2.24, 2.45) is 22.7 Å². The minimum Gasteiger partial charge on any atom is -0.504 e. The smallest absolute Gasteiger partial charge is 0.165 e. The number of aliphatic hydroxyl groups is 1. The van der Waals surface area contributed by atoms with Crippen LogP contribution in [0.2, 0.25) is 0 Å². The molecule has 1 aromatic rings. The van der Waals surface area contributed by atoms with E-state index in [-0.39, 0.29) is 39.6 Å². The third-order valence-corrected chi connectivity index (χ3v) is 12.5. The average Bonchev–Trinajstić information content (AvgIpc) is 3.64. The van der Waals surface area contributed by atoms with Crippen LogP contribution in [0.1, 0.15) is 77.3 Å². The van der Waals surface area contributed by atoms with Crippen LogP contribution >= 0.6 is 0 Å². The standard InChI is InChI=1S/C29H39NO4/c1-24(2,3)25(4,32)19-13-26-10-11-29(19,33-5)23-28(26)15-27(22(26)30(27)14-16-6-7-16)12-17-8-9-18(31)21(34-23)20(17)28/h8-9,16,19,22-23,31-32H,6-7,10-15H2,1-5H3/t19?,22?,23?,25?,26?,27-,28?,29?,30+/m1/s1. The van der Waals surface area contributed by atoms with Crippen molar-refractivity contribution in [1.29, 1.82) is 0 Å². The maximum Gasteiger partial charge on any atom is 0.165 e. The molecule has 34 heavy (non-hydrogen) atoms. The fourth-order valence-electron chi connectivity index (χ4n) is 10.5. The van der Waals surface area contributed by atoms with Crippen LogP contribution in [-0.4, -0.2) is 57.7 Å². The molecule has 2 heterocycles.